The highest BCUT2D eigenvalue weighted by molar-refractivity contribution is 6.30. The average Bonchev–Trinajstić information content (AvgIpc) is 2.19. The molecule has 0 aliphatic rings. The van der Waals surface area contributed by atoms with Crippen LogP contribution in [0.2, 0.25) is 5.02 Å². The number of hydrogen-bond donors (Lipinski definition) is 1. The molecule has 2 N–H and O–H groups in total. The predicted octanol–water partition coefficient (Wildman–Crippen LogP) is 1.82. The lowest BCUT2D eigenvalue weighted by molar-refractivity contribution is 0.126. The van der Waals surface area contributed by atoms with E-state index in [-0.39, 0.29) is 0 Å². The topological polar surface area (TPSA) is 44.5 Å². The van der Waals surface area contributed by atoms with Crippen LogP contribution in [0.1, 0.15) is 5.56 Å². The molecular formula is C10H14ClNO2. The van der Waals surface area contributed by atoms with Crippen LogP contribution in [-0.2, 0) is 11.3 Å². The molecule has 0 aliphatic heterocycles. The second-order valence-electron chi connectivity index (χ2n) is 2.80. The van der Waals surface area contributed by atoms with Crippen LogP contribution in [0.3, 0.4) is 0 Å². The Morgan fingerprint density at radius 2 is 2.21 bits per heavy atom. The highest BCUT2D eigenvalue weighted by Crippen LogP contribution is 2.23. The van der Waals surface area contributed by atoms with Crippen molar-refractivity contribution in [1.29, 1.82) is 0 Å². The molecule has 1 aromatic carbocycles. The zero-order valence-corrected chi connectivity index (χ0v) is 8.88. The maximum atomic E-state index is 5.85. The van der Waals surface area contributed by atoms with Crippen molar-refractivity contribution in [2.75, 3.05) is 20.3 Å². The summed E-state index contributed by atoms with van der Waals surface area (Å²) in [6.45, 7) is 1.53. The van der Waals surface area contributed by atoms with Gasteiger partial charge >= 0.3 is 0 Å². The summed E-state index contributed by atoms with van der Waals surface area (Å²) < 4.78 is 10.5. The van der Waals surface area contributed by atoms with Crippen LogP contribution >= 0.6 is 11.6 Å². The van der Waals surface area contributed by atoms with Crippen molar-refractivity contribution in [2.45, 2.75) is 6.61 Å². The van der Waals surface area contributed by atoms with E-state index < -0.39 is 0 Å². The van der Waals surface area contributed by atoms with Gasteiger partial charge in [-0.05, 0) is 18.2 Å². The molecule has 0 saturated carbocycles. The number of hydrogen-bond acceptors (Lipinski definition) is 3. The fourth-order valence-corrected chi connectivity index (χ4v) is 1.32. The smallest absolute Gasteiger partial charge is 0.124 e. The lowest BCUT2D eigenvalue weighted by atomic mass is 10.2. The van der Waals surface area contributed by atoms with Crippen molar-refractivity contribution in [3.8, 4) is 5.75 Å². The van der Waals surface area contributed by atoms with Crippen molar-refractivity contribution in [1.82, 2.24) is 0 Å². The molecule has 0 atom stereocenters. The Morgan fingerprint density at radius 1 is 1.43 bits per heavy atom. The molecular weight excluding hydrogens is 202 g/mol. The maximum absolute atomic E-state index is 5.85. The van der Waals surface area contributed by atoms with Crippen LogP contribution in [0.15, 0.2) is 18.2 Å². The van der Waals surface area contributed by atoms with Crippen LogP contribution in [0.4, 0.5) is 0 Å². The number of nitrogens with two attached hydrogens (primary N) is 1. The summed E-state index contributed by atoms with van der Waals surface area (Å²) in [6.07, 6.45) is 0. The third-order valence-electron chi connectivity index (χ3n) is 1.76. The second-order valence-corrected chi connectivity index (χ2v) is 3.23. The SMILES string of the molecule is COc1ccc(Cl)cc1COCCN. The summed E-state index contributed by atoms with van der Waals surface area (Å²) >= 11 is 5.85. The van der Waals surface area contributed by atoms with Gasteiger partial charge in [0.15, 0.2) is 0 Å². The zero-order valence-electron chi connectivity index (χ0n) is 8.13. The number of methoxy groups -OCH3 is 1. The Kier molecular flexibility index (Phi) is 4.73. The van der Waals surface area contributed by atoms with Crippen molar-refractivity contribution in [3.05, 3.63) is 28.8 Å². The van der Waals surface area contributed by atoms with Gasteiger partial charge < -0.3 is 15.2 Å². The van der Waals surface area contributed by atoms with Gasteiger partial charge in [0, 0.05) is 17.1 Å². The second kappa shape index (κ2) is 5.86. The summed E-state index contributed by atoms with van der Waals surface area (Å²) in [5, 5.41) is 0.678. The molecule has 0 spiro atoms. The first-order valence-electron chi connectivity index (χ1n) is 4.38. The van der Waals surface area contributed by atoms with E-state index in [1.807, 2.05) is 12.1 Å². The third kappa shape index (κ3) is 3.18. The van der Waals surface area contributed by atoms with E-state index in [2.05, 4.69) is 0 Å². The Balaban J connectivity index is 2.67. The van der Waals surface area contributed by atoms with Crippen molar-refractivity contribution in [2.24, 2.45) is 5.73 Å². The number of rotatable bonds is 5. The summed E-state index contributed by atoms with van der Waals surface area (Å²) in [5.41, 5.74) is 6.25. The van der Waals surface area contributed by atoms with Gasteiger partial charge in [0.05, 0.1) is 20.3 Å². The van der Waals surface area contributed by atoms with E-state index in [1.54, 1.807) is 13.2 Å². The van der Waals surface area contributed by atoms with Crippen molar-refractivity contribution < 1.29 is 9.47 Å². The Hall–Kier alpha value is -0.770. The van der Waals surface area contributed by atoms with Gasteiger partial charge in [-0.15, -0.1) is 0 Å². The highest BCUT2D eigenvalue weighted by Gasteiger charge is 2.03. The minimum atomic E-state index is 0.473. The quantitative estimate of drug-likeness (QED) is 0.763. The standard InChI is InChI=1S/C10H14ClNO2/c1-13-10-3-2-9(11)6-8(10)7-14-5-4-12/h2-3,6H,4-5,7,12H2,1H3. The van der Waals surface area contributed by atoms with E-state index >= 15 is 0 Å². The lowest BCUT2D eigenvalue weighted by Crippen LogP contribution is -2.08. The molecule has 0 amide bonds. The molecule has 0 aromatic heterocycles. The summed E-state index contributed by atoms with van der Waals surface area (Å²) in [6, 6.07) is 5.44. The highest BCUT2D eigenvalue weighted by atomic mass is 35.5. The molecule has 0 saturated heterocycles. The molecule has 14 heavy (non-hydrogen) atoms. The first kappa shape index (κ1) is 11.3. The van der Waals surface area contributed by atoms with Gasteiger partial charge in [-0.2, -0.15) is 0 Å². The number of benzene rings is 1. The van der Waals surface area contributed by atoms with E-state index in [0.29, 0.717) is 24.8 Å². The molecule has 78 valence electrons. The lowest BCUT2D eigenvalue weighted by Gasteiger charge is -2.08. The normalized spacial score (nSPS) is 10.2. The molecule has 0 fully saturated rings. The van der Waals surface area contributed by atoms with Gasteiger partial charge in [0.1, 0.15) is 5.75 Å². The van der Waals surface area contributed by atoms with Crippen LogP contribution < -0.4 is 10.5 Å². The predicted molar refractivity (Wildman–Crippen MR) is 56.7 cm³/mol. The molecule has 1 aromatic rings. The largest absolute Gasteiger partial charge is 0.496 e. The molecule has 4 heteroatoms. The Morgan fingerprint density at radius 3 is 2.86 bits per heavy atom. The maximum Gasteiger partial charge on any atom is 0.124 e. The van der Waals surface area contributed by atoms with Crippen molar-refractivity contribution >= 4 is 11.6 Å². The number of ether oxygens (including phenoxy) is 2. The Bertz CT molecular complexity index is 291. The van der Waals surface area contributed by atoms with E-state index in [1.165, 1.54) is 0 Å². The monoisotopic (exact) mass is 215 g/mol. The van der Waals surface area contributed by atoms with Gasteiger partial charge in [0.25, 0.3) is 0 Å². The molecule has 0 unspecified atom stereocenters. The minimum absolute atomic E-state index is 0.473. The summed E-state index contributed by atoms with van der Waals surface area (Å²) in [5.74, 6) is 0.784. The molecule has 0 radical (unpaired) electrons. The first-order valence-corrected chi connectivity index (χ1v) is 4.76. The van der Waals surface area contributed by atoms with Crippen molar-refractivity contribution in [3.63, 3.8) is 0 Å². The molecule has 1 rings (SSSR count). The average molecular weight is 216 g/mol. The fourth-order valence-electron chi connectivity index (χ4n) is 1.13. The summed E-state index contributed by atoms with van der Waals surface area (Å²) in [7, 11) is 1.62. The van der Waals surface area contributed by atoms with E-state index in [9.17, 15) is 0 Å². The molecule has 3 nitrogen and oxygen atoms in total. The van der Waals surface area contributed by atoms with E-state index in [0.717, 1.165) is 11.3 Å². The Labute approximate surface area is 88.8 Å². The third-order valence-corrected chi connectivity index (χ3v) is 2.00. The van der Waals surface area contributed by atoms with E-state index in [4.69, 9.17) is 26.8 Å². The van der Waals surface area contributed by atoms with Gasteiger partial charge in [-0.3, -0.25) is 0 Å². The van der Waals surface area contributed by atoms with Gasteiger partial charge in [-0.25, -0.2) is 0 Å². The van der Waals surface area contributed by atoms with Gasteiger partial charge in [0.2, 0.25) is 0 Å². The van der Waals surface area contributed by atoms with Crippen LogP contribution in [0.5, 0.6) is 5.75 Å². The van der Waals surface area contributed by atoms with Crippen LogP contribution in [-0.4, -0.2) is 20.3 Å². The van der Waals surface area contributed by atoms with Crippen LogP contribution in [0, 0.1) is 0 Å². The molecule has 0 aliphatic carbocycles. The summed E-state index contributed by atoms with van der Waals surface area (Å²) in [4.78, 5) is 0. The van der Waals surface area contributed by atoms with Gasteiger partial charge in [-0.1, -0.05) is 11.6 Å². The first-order chi connectivity index (χ1) is 6.77. The fraction of sp³-hybridized carbons (Fsp3) is 0.400. The zero-order chi connectivity index (χ0) is 10.4. The number of halogens is 1. The minimum Gasteiger partial charge on any atom is -0.496 e. The van der Waals surface area contributed by atoms with Crippen LogP contribution in [0.25, 0.3) is 0 Å². The molecule has 0 heterocycles. The molecule has 0 bridgehead atoms.